The van der Waals surface area contributed by atoms with Crippen LogP contribution in [0, 0.1) is 11.3 Å². The van der Waals surface area contributed by atoms with Crippen molar-refractivity contribution < 1.29 is 31.1 Å². The van der Waals surface area contributed by atoms with E-state index < -0.39 is 57.0 Å². The smallest absolute Gasteiger partial charge is 0.419 e. The van der Waals surface area contributed by atoms with Gasteiger partial charge in [-0.15, -0.1) is 0 Å². The molecule has 1 aromatic heterocycles. The molecule has 35 heavy (non-hydrogen) atoms. The zero-order valence-corrected chi connectivity index (χ0v) is 20.0. The highest BCUT2D eigenvalue weighted by atomic mass is 35.5. The molecule has 1 aromatic carbocycles. The topological polar surface area (TPSA) is 112 Å². The van der Waals surface area contributed by atoms with Gasteiger partial charge in [0.2, 0.25) is 0 Å². The minimum absolute atomic E-state index is 0.148. The molecule has 0 bridgehead atoms. The fourth-order valence-corrected chi connectivity index (χ4v) is 6.25. The number of nitrogens with zero attached hydrogens (tertiary/aromatic N) is 3. The normalized spacial score (nSPS) is 21.3. The predicted molar refractivity (Wildman–Crippen MR) is 120 cm³/mol. The molecule has 0 unspecified atom stereocenters. The van der Waals surface area contributed by atoms with Gasteiger partial charge in [-0.25, -0.2) is 18.2 Å². The Hall–Kier alpha value is -2.75. The molecule has 1 aliphatic heterocycles. The summed E-state index contributed by atoms with van der Waals surface area (Å²) in [6, 6.07) is 7.60. The molecule has 0 radical (unpaired) electrons. The van der Waals surface area contributed by atoms with Crippen LogP contribution in [-0.2, 0) is 20.8 Å². The van der Waals surface area contributed by atoms with Crippen molar-refractivity contribution >= 4 is 45.0 Å². The quantitative estimate of drug-likeness (QED) is 0.582. The molecule has 8 nitrogen and oxygen atoms in total. The van der Waals surface area contributed by atoms with E-state index >= 15 is 0 Å². The van der Waals surface area contributed by atoms with Crippen molar-refractivity contribution in [1.82, 2.24) is 10.3 Å². The molecule has 1 N–H and O–H groups in total. The molecular formula is C21H17Cl2F3N4O4S. The lowest BCUT2D eigenvalue weighted by molar-refractivity contribution is -0.137. The number of nitriles is 1. The number of carbonyl (C=O) groups excluding carboxylic acids is 1. The third-order valence-electron chi connectivity index (χ3n) is 5.76. The number of aromatic nitrogens is 1. The average molecular weight is 549 g/mol. The van der Waals surface area contributed by atoms with Gasteiger partial charge in [-0.1, -0.05) is 23.2 Å². The molecular weight excluding hydrogens is 532 g/mol. The van der Waals surface area contributed by atoms with Crippen molar-refractivity contribution in [2.75, 3.05) is 11.4 Å². The zero-order valence-electron chi connectivity index (χ0n) is 17.7. The third-order valence-corrected chi connectivity index (χ3v) is 8.61. The van der Waals surface area contributed by atoms with Gasteiger partial charge in [-0.3, -0.25) is 0 Å². The lowest BCUT2D eigenvalue weighted by atomic mass is 10.2. The van der Waals surface area contributed by atoms with E-state index in [1.807, 2.05) is 6.07 Å². The molecule has 2 atom stereocenters. The van der Waals surface area contributed by atoms with E-state index in [9.17, 15) is 31.6 Å². The van der Waals surface area contributed by atoms with Gasteiger partial charge < -0.3 is 15.0 Å². The fraction of sp³-hybridized carbons (Fsp3) is 0.381. The first-order chi connectivity index (χ1) is 16.4. The number of sulfone groups is 1. The van der Waals surface area contributed by atoms with Crippen LogP contribution in [0.1, 0.15) is 24.8 Å². The summed E-state index contributed by atoms with van der Waals surface area (Å²) in [6.07, 6.45) is -5.70. The second kappa shape index (κ2) is 9.04. The third kappa shape index (κ3) is 5.12. The highest BCUT2D eigenvalue weighted by Gasteiger charge is 2.49. The maximum atomic E-state index is 13.7. The molecule has 1 saturated carbocycles. The number of carbonyl (C=O) groups is 1. The van der Waals surface area contributed by atoms with Gasteiger partial charge in [0.1, 0.15) is 11.4 Å². The lowest BCUT2D eigenvalue weighted by Crippen LogP contribution is -2.42. The number of alkyl carbamates (subject to hydrolysis) is 1. The Balaban J connectivity index is 1.69. The summed E-state index contributed by atoms with van der Waals surface area (Å²) >= 11 is 11.9. The summed E-state index contributed by atoms with van der Waals surface area (Å²) in [5.74, 6) is -0.584. The maximum absolute atomic E-state index is 13.7. The first-order valence-electron chi connectivity index (χ1n) is 10.2. The number of pyridine rings is 1. The van der Waals surface area contributed by atoms with Crippen LogP contribution >= 0.6 is 23.2 Å². The Morgan fingerprint density at radius 3 is 2.60 bits per heavy atom. The van der Waals surface area contributed by atoms with Crippen LogP contribution in [0.4, 0.5) is 23.8 Å². The van der Waals surface area contributed by atoms with E-state index in [-0.39, 0.29) is 21.4 Å². The van der Waals surface area contributed by atoms with Crippen LogP contribution in [0.5, 0.6) is 0 Å². The standard InChI is InChI=1S/C21H17Cl2F3N4O4S/c22-12-3-4-16(15(23)8-12)35(32,33)13-9-17(34-19(31)29-20(11-27)5-6-20)30(10-13)18-14(21(24,25)26)2-1-7-28-18/h1-4,7-8,13,17H,5-6,9-10H2,(H,29,31)/t13-,17+/m1/s1. The maximum Gasteiger partial charge on any atom is 0.419 e. The number of hydrogen-bond acceptors (Lipinski definition) is 7. The van der Waals surface area contributed by atoms with E-state index in [2.05, 4.69) is 10.3 Å². The first-order valence-corrected chi connectivity index (χ1v) is 12.5. The van der Waals surface area contributed by atoms with Gasteiger partial charge in [0.25, 0.3) is 0 Å². The largest absolute Gasteiger partial charge is 0.425 e. The molecule has 1 saturated heterocycles. The van der Waals surface area contributed by atoms with Gasteiger partial charge >= 0.3 is 12.3 Å². The molecule has 2 fully saturated rings. The van der Waals surface area contributed by atoms with Gasteiger partial charge in [-0.2, -0.15) is 18.4 Å². The van der Waals surface area contributed by atoms with Crippen molar-refractivity contribution in [3.63, 3.8) is 0 Å². The highest BCUT2D eigenvalue weighted by molar-refractivity contribution is 7.92. The number of anilines is 1. The minimum atomic E-state index is -4.80. The van der Waals surface area contributed by atoms with Crippen molar-refractivity contribution in [2.45, 2.75) is 47.4 Å². The minimum Gasteiger partial charge on any atom is -0.425 e. The average Bonchev–Trinajstić information content (AvgIpc) is 3.41. The molecule has 14 heteroatoms. The summed E-state index contributed by atoms with van der Waals surface area (Å²) in [5, 5.41) is 10.3. The summed E-state index contributed by atoms with van der Waals surface area (Å²) in [6.45, 7) is -0.456. The van der Waals surface area contributed by atoms with E-state index in [1.165, 1.54) is 18.2 Å². The SMILES string of the molecule is N#CC1(NC(=O)O[C@H]2C[C@@H](S(=O)(=O)c3ccc(Cl)cc3Cl)CN2c2ncccc2C(F)(F)F)CC1. The molecule has 0 spiro atoms. The van der Waals surface area contributed by atoms with E-state index in [4.69, 9.17) is 27.9 Å². The molecule has 2 heterocycles. The Kier molecular flexibility index (Phi) is 6.54. The van der Waals surface area contributed by atoms with Crippen LogP contribution in [0.15, 0.2) is 41.4 Å². The number of amides is 1. The molecule has 2 aliphatic rings. The van der Waals surface area contributed by atoms with Crippen LogP contribution in [-0.4, -0.2) is 43.1 Å². The van der Waals surface area contributed by atoms with Crippen molar-refractivity contribution in [2.24, 2.45) is 0 Å². The Labute approximate surface area is 208 Å². The van der Waals surface area contributed by atoms with Gasteiger partial charge in [-0.05, 0) is 43.2 Å². The number of halogens is 5. The van der Waals surface area contributed by atoms with Crippen LogP contribution in [0.25, 0.3) is 0 Å². The number of ether oxygens (including phenoxy) is 1. The van der Waals surface area contributed by atoms with Crippen molar-refractivity contribution in [3.05, 3.63) is 52.1 Å². The van der Waals surface area contributed by atoms with Crippen molar-refractivity contribution in [1.29, 1.82) is 5.26 Å². The second-order valence-corrected chi connectivity index (χ2v) is 11.2. The van der Waals surface area contributed by atoms with Crippen LogP contribution in [0.2, 0.25) is 10.0 Å². The van der Waals surface area contributed by atoms with Crippen molar-refractivity contribution in [3.8, 4) is 6.07 Å². The second-order valence-electron chi connectivity index (χ2n) is 8.18. The summed E-state index contributed by atoms with van der Waals surface area (Å²) in [7, 11) is -4.18. The summed E-state index contributed by atoms with van der Waals surface area (Å²) < 4.78 is 73.1. The highest BCUT2D eigenvalue weighted by Crippen LogP contribution is 2.41. The number of alkyl halides is 3. The predicted octanol–water partition coefficient (Wildman–Crippen LogP) is 4.57. The summed E-state index contributed by atoms with van der Waals surface area (Å²) in [4.78, 5) is 17.0. The molecule has 1 amide bonds. The molecule has 186 valence electrons. The van der Waals surface area contributed by atoms with Crippen LogP contribution < -0.4 is 10.2 Å². The Bertz CT molecular complexity index is 1310. The van der Waals surface area contributed by atoms with Gasteiger partial charge in [0.15, 0.2) is 16.1 Å². The first kappa shape index (κ1) is 25.3. The van der Waals surface area contributed by atoms with Gasteiger partial charge in [0.05, 0.1) is 26.8 Å². The fourth-order valence-electron chi connectivity index (χ4n) is 3.79. The zero-order chi connectivity index (χ0) is 25.6. The van der Waals surface area contributed by atoms with E-state index in [0.29, 0.717) is 12.8 Å². The Morgan fingerprint density at radius 1 is 1.29 bits per heavy atom. The monoisotopic (exact) mass is 548 g/mol. The number of nitrogens with one attached hydrogen (secondary N) is 1. The Morgan fingerprint density at radius 2 is 2.00 bits per heavy atom. The summed E-state index contributed by atoms with van der Waals surface area (Å²) in [5.41, 5.74) is -2.21. The molecule has 4 rings (SSSR count). The number of benzene rings is 1. The van der Waals surface area contributed by atoms with Gasteiger partial charge in [0, 0.05) is 24.2 Å². The van der Waals surface area contributed by atoms with E-state index in [0.717, 1.165) is 23.2 Å². The number of hydrogen-bond donors (Lipinski definition) is 1. The molecule has 1 aliphatic carbocycles. The van der Waals surface area contributed by atoms with Crippen LogP contribution in [0.3, 0.4) is 0 Å². The number of rotatable bonds is 5. The lowest BCUT2D eigenvalue weighted by Gasteiger charge is -2.27. The molecule has 2 aromatic rings. The van der Waals surface area contributed by atoms with E-state index in [1.54, 1.807) is 0 Å².